The molecule has 0 saturated carbocycles. The van der Waals surface area contributed by atoms with Crippen molar-refractivity contribution in [2.75, 3.05) is 0 Å². The molecule has 1 heterocycles. The number of halogens is 3. The maximum atomic E-state index is 12.5. The molecular formula is C15H16F3N3O2. The first kappa shape index (κ1) is 17.0. The molecule has 1 aromatic heterocycles. The number of hydrogen-bond acceptors (Lipinski definition) is 3. The van der Waals surface area contributed by atoms with Crippen LogP contribution in [0.15, 0.2) is 36.5 Å². The van der Waals surface area contributed by atoms with Gasteiger partial charge in [-0.1, -0.05) is 19.1 Å². The van der Waals surface area contributed by atoms with Gasteiger partial charge in [-0.05, 0) is 30.2 Å². The van der Waals surface area contributed by atoms with Gasteiger partial charge in [-0.25, -0.2) is 0 Å². The summed E-state index contributed by atoms with van der Waals surface area (Å²) in [5, 5.41) is 19.1. The largest absolute Gasteiger partial charge is 0.416 e. The third kappa shape index (κ3) is 4.10. The van der Waals surface area contributed by atoms with E-state index in [0.717, 1.165) is 12.1 Å². The van der Waals surface area contributed by atoms with Gasteiger partial charge in [0, 0.05) is 6.20 Å². The Morgan fingerprint density at radius 3 is 2.43 bits per heavy atom. The molecule has 2 atom stereocenters. The van der Waals surface area contributed by atoms with Gasteiger partial charge in [0.1, 0.15) is 5.69 Å². The molecule has 0 radical (unpaired) electrons. The summed E-state index contributed by atoms with van der Waals surface area (Å²) in [6, 6.07) is 5.07. The summed E-state index contributed by atoms with van der Waals surface area (Å²) in [7, 11) is 0. The van der Waals surface area contributed by atoms with Gasteiger partial charge in [0.15, 0.2) is 0 Å². The lowest BCUT2D eigenvalue weighted by molar-refractivity contribution is -0.137. The van der Waals surface area contributed by atoms with Gasteiger partial charge in [-0.15, -0.1) is 0 Å². The number of nitrogens with zero attached hydrogens (tertiary/aromatic N) is 1. The Labute approximate surface area is 130 Å². The number of aliphatic hydroxyl groups is 1. The highest BCUT2D eigenvalue weighted by molar-refractivity contribution is 5.92. The molecule has 2 aromatic rings. The number of benzene rings is 1. The normalized spacial score (nSPS) is 14.3. The van der Waals surface area contributed by atoms with Crippen molar-refractivity contribution >= 4 is 5.91 Å². The fraction of sp³-hybridized carbons (Fsp3) is 0.333. The lowest BCUT2D eigenvalue weighted by Crippen LogP contribution is -2.39. The number of carbonyl (C=O) groups is 1. The molecule has 124 valence electrons. The van der Waals surface area contributed by atoms with Crippen LogP contribution in [0.4, 0.5) is 13.2 Å². The number of carbonyl (C=O) groups excluding carboxylic acids is 1. The van der Waals surface area contributed by atoms with E-state index in [0.29, 0.717) is 12.0 Å². The van der Waals surface area contributed by atoms with Crippen LogP contribution in [0.2, 0.25) is 0 Å². The predicted octanol–water partition coefficient (Wildman–Crippen LogP) is 2.67. The minimum atomic E-state index is -4.43. The zero-order chi connectivity index (χ0) is 17.0. The lowest BCUT2D eigenvalue weighted by atomic mass is 9.99. The van der Waals surface area contributed by atoms with Crippen LogP contribution in [-0.2, 0) is 6.18 Å². The Balaban J connectivity index is 2.10. The molecule has 1 aromatic carbocycles. The minimum Gasteiger partial charge on any atom is -0.386 e. The minimum absolute atomic E-state index is 0.239. The standard InChI is InChI=1S/C15H16F3N3O2/c1-2-11(20-14(23)12-7-8-19-21-12)13(22)9-3-5-10(6-4-9)15(16,17)18/h3-8,11,13,22H,2H2,1H3,(H,19,21)(H,20,23)/t11-,13-/m1/s1. The summed E-state index contributed by atoms with van der Waals surface area (Å²) in [5.41, 5.74) is -0.249. The molecule has 2 rings (SSSR count). The summed E-state index contributed by atoms with van der Waals surface area (Å²) >= 11 is 0. The molecule has 0 aliphatic heterocycles. The predicted molar refractivity (Wildman–Crippen MR) is 76.5 cm³/mol. The van der Waals surface area contributed by atoms with Gasteiger partial charge in [0.2, 0.25) is 0 Å². The van der Waals surface area contributed by atoms with Crippen LogP contribution >= 0.6 is 0 Å². The number of H-pyrrole nitrogens is 1. The monoisotopic (exact) mass is 327 g/mol. The van der Waals surface area contributed by atoms with Crippen LogP contribution in [0.5, 0.6) is 0 Å². The first-order valence-electron chi connectivity index (χ1n) is 6.98. The van der Waals surface area contributed by atoms with E-state index in [1.54, 1.807) is 6.92 Å². The fourth-order valence-electron chi connectivity index (χ4n) is 2.13. The zero-order valence-corrected chi connectivity index (χ0v) is 12.3. The summed E-state index contributed by atoms with van der Waals surface area (Å²) in [6.07, 6.45) is -3.72. The molecular weight excluding hydrogens is 311 g/mol. The molecule has 0 saturated heterocycles. The molecule has 0 unspecified atom stereocenters. The summed E-state index contributed by atoms with van der Waals surface area (Å²) in [4.78, 5) is 12.0. The molecule has 8 heteroatoms. The number of rotatable bonds is 5. The summed E-state index contributed by atoms with van der Waals surface area (Å²) < 4.78 is 37.6. The van der Waals surface area contributed by atoms with E-state index in [-0.39, 0.29) is 5.69 Å². The first-order valence-corrected chi connectivity index (χ1v) is 6.98. The van der Waals surface area contributed by atoms with Crippen molar-refractivity contribution in [2.45, 2.75) is 31.7 Å². The van der Waals surface area contributed by atoms with E-state index in [1.165, 1.54) is 24.4 Å². The van der Waals surface area contributed by atoms with Crippen LogP contribution in [0, 0.1) is 0 Å². The van der Waals surface area contributed by atoms with Crippen molar-refractivity contribution in [1.82, 2.24) is 15.5 Å². The van der Waals surface area contributed by atoms with Crippen molar-refractivity contribution < 1.29 is 23.1 Å². The van der Waals surface area contributed by atoms with E-state index in [1.807, 2.05) is 0 Å². The number of nitrogens with one attached hydrogen (secondary N) is 2. The molecule has 0 spiro atoms. The van der Waals surface area contributed by atoms with Gasteiger partial charge in [-0.2, -0.15) is 18.3 Å². The highest BCUT2D eigenvalue weighted by atomic mass is 19.4. The van der Waals surface area contributed by atoms with Gasteiger partial charge < -0.3 is 10.4 Å². The van der Waals surface area contributed by atoms with Crippen molar-refractivity contribution in [1.29, 1.82) is 0 Å². The van der Waals surface area contributed by atoms with E-state index >= 15 is 0 Å². The Kier molecular flexibility index (Phi) is 5.05. The lowest BCUT2D eigenvalue weighted by Gasteiger charge is -2.23. The van der Waals surface area contributed by atoms with Crippen LogP contribution < -0.4 is 5.32 Å². The smallest absolute Gasteiger partial charge is 0.386 e. The van der Waals surface area contributed by atoms with Crippen LogP contribution in [-0.4, -0.2) is 27.3 Å². The SMILES string of the molecule is CC[C@@H](NC(=O)c1ccn[nH]1)[C@H](O)c1ccc(C(F)(F)F)cc1. The number of alkyl halides is 3. The molecule has 0 aliphatic rings. The van der Waals surface area contributed by atoms with Crippen LogP contribution in [0.1, 0.15) is 41.1 Å². The number of hydrogen-bond donors (Lipinski definition) is 3. The van der Waals surface area contributed by atoms with Crippen LogP contribution in [0.3, 0.4) is 0 Å². The van der Waals surface area contributed by atoms with E-state index in [2.05, 4.69) is 15.5 Å². The third-order valence-corrected chi connectivity index (χ3v) is 3.46. The number of aliphatic hydroxyl groups excluding tert-OH is 1. The zero-order valence-electron chi connectivity index (χ0n) is 12.3. The summed E-state index contributed by atoms with van der Waals surface area (Å²) in [5.74, 6) is -0.444. The Hall–Kier alpha value is -2.35. The average molecular weight is 327 g/mol. The van der Waals surface area contributed by atoms with Gasteiger partial charge >= 0.3 is 6.18 Å². The molecule has 5 nitrogen and oxygen atoms in total. The number of amides is 1. The van der Waals surface area contributed by atoms with E-state index < -0.39 is 29.8 Å². The summed E-state index contributed by atoms with van der Waals surface area (Å²) in [6.45, 7) is 1.76. The van der Waals surface area contributed by atoms with Crippen molar-refractivity contribution in [2.24, 2.45) is 0 Å². The highest BCUT2D eigenvalue weighted by Crippen LogP contribution is 2.30. The average Bonchev–Trinajstić information content (AvgIpc) is 3.05. The first-order chi connectivity index (χ1) is 10.8. The third-order valence-electron chi connectivity index (χ3n) is 3.46. The molecule has 23 heavy (non-hydrogen) atoms. The Bertz CT molecular complexity index is 639. The molecule has 3 N–H and O–H groups in total. The Morgan fingerprint density at radius 1 is 1.30 bits per heavy atom. The Morgan fingerprint density at radius 2 is 1.96 bits per heavy atom. The van der Waals surface area contributed by atoms with Crippen molar-refractivity contribution in [3.8, 4) is 0 Å². The number of aromatic nitrogens is 2. The topological polar surface area (TPSA) is 78.0 Å². The molecule has 0 fully saturated rings. The highest BCUT2D eigenvalue weighted by Gasteiger charge is 2.30. The van der Waals surface area contributed by atoms with Gasteiger partial charge in [0.05, 0.1) is 17.7 Å². The second-order valence-electron chi connectivity index (χ2n) is 5.02. The maximum absolute atomic E-state index is 12.5. The van der Waals surface area contributed by atoms with E-state index in [9.17, 15) is 23.1 Å². The van der Waals surface area contributed by atoms with Crippen molar-refractivity contribution in [3.63, 3.8) is 0 Å². The fourth-order valence-corrected chi connectivity index (χ4v) is 2.13. The second kappa shape index (κ2) is 6.82. The quantitative estimate of drug-likeness (QED) is 0.790. The molecule has 1 amide bonds. The molecule has 0 bridgehead atoms. The van der Waals surface area contributed by atoms with Gasteiger partial charge in [0.25, 0.3) is 5.91 Å². The van der Waals surface area contributed by atoms with Crippen LogP contribution in [0.25, 0.3) is 0 Å². The molecule has 0 aliphatic carbocycles. The van der Waals surface area contributed by atoms with Crippen molar-refractivity contribution in [3.05, 3.63) is 53.3 Å². The van der Waals surface area contributed by atoms with E-state index in [4.69, 9.17) is 0 Å². The maximum Gasteiger partial charge on any atom is 0.416 e. The van der Waals surface area contributed by atoms with Gasteiger partial charge in [-0.3, -0.25) is 9.89 Å². The second-order valence-corrected chi connectivity index (χ2v) is 5.02. The number of aromatic amines is 1.